The van der Waals surface area contributed by atoms with E-state index in [9.17, 15) is 4.79 Å². The van der Waals surface area contributed by atoms with Crippen LogP contribution in [-0.2, 0) is 6.61 Å². The SMILES string of the molecule is O=C(N/N=C\c1ccc(OCc2ccc(Br)cc2Br)cc1)c1cccc2ccccc12. The molecule has 0 bridgehead atoms. The van der Waals surface area contributed by atoms with E-state index in [1.807, 2.05) is 78.9 Å². The van der Waals surface area contributed by atoms with Crippen LogP contribution in [0.5, 0.6) is 5.75 Å². The van der Waals surface area contributed by atoms with Crippen LogP contribution in [0.15, 0.2) is 99.0 Å². The average molecular weight is 538 g/mol. The van der Waals surface area contributed by atoms with Crippen LogP contribution >= 0.6 is 31.9 Å². The molecule has 0 fully saturated rings. The van der Waals surface area contributed by atoms with Crippen LogP contribution in [0.3, 0.4) is 0 Å². The van der Waals surface area contributed by atoms with Gasteiger partial charge in [-0.2, -0.15) is 5.10 Å². The molecule has 0 aliphatic heterocycles. The van der Waals surface area contributed by atoms with Crippen LogP contribution in [0, 0.1) is 0 Å². The Bertz CT molecular complexity index is 1250. The van der Waals surface area contributed by atoms with E-state index >= 15 is 0 Å². The topological polar surface area (TPSA) is 50.7 Å². The second kappa shape index (κ2) is 9.90. The number of carbonyl (C=O) groups excluding carboxylic acids is 1. The fourth-order valence-corrected chi connectivity index (χ4v) is 4.26. The number of benzene rings is 4. The minimum atomic E-state index is -0.243. The molecule has 6 heteroatoms. The highest BCUT2D eigenvalue weighted by molar-refractivity contribution is 9.11. The number of nitrogens with one attached hydrogen (secondary N) is 1. The van der Waals surface area contributed by atoms with Crippen molar-refractivity contribution in [2.24, 2.45) is 5.10 Å². The lowest BCUT2D eigenvalue weighted by molar-refractivity contribution is 0.0957. The second-order valence-corrected chi connectivity index (χ2v) is 8.59. The fourth-order valence-electron chi connectivity index (χ4n) is 3.10. The summed E-state index contributed by atoms with van der Waals surface area (Å²) in [7, 11) is 0. The summed E-state index contributed by atoms with van der Waals surface area (Å²) >= 11 is 6.98. The minimum absolute atomic E-state index is 0.243. The Morgan fingerprint density at radius 2 is 1.71 bits per heavy atom. The lowest BCUT2D eigenvalue weighted by Crippen LogP contribution is -2.17. The predicted octanol–water partition coefficient (Wildman–Crippen LogP) is 6.71. The highest BCUT2D eigenvalue weighted by atomic mass is 79.9. The molecule has 0 saturated carbocycles. The summed E-state index contributed by atoms with van der Waals surface area (Å²) < 4.78 is 7.86. The van der Waals surface area contributed by atoms with Gasteiger partial charge in [-0.1, -0.05) is 74.3 Å². The third-order valence-corrected chi connectivity index (χ3v) is 5.93. The summed E-state index contributed by atoms with van der Waals surface area (Å²) in [6.45, 7) is 0.461. The summed E-state index contributed by atoms with van der Waals surface area (Å²) in [6, 6.07) is 26.9. The van der Waals surface area contributed by atoms with Crippen molar-refractivity contribution in [1.82, 2.24) is 5.43 Å². The molecule has 0 saturated heterocycles. The number of fused-ring (bicyclic) bond motifs is 1. The molecule has 0 heterocycles. The van der Waals surface area contributed by atoms with Gasteiger partial charge in [0, 0.05) is 20.1 Å². The van der Waals surface area contributed by atoms with Gasteiger partial charge in [0.05, 0.1) is 6.21 Å². The number of halogens is 2. The molecule has 4 aromatic carbocycles. The van der Waals surface area contributed by atoms with Gasteiger partial charge in [-0.15, -0.1) is 0 Å². The number of carbonyl (C=O) groups is 1. The van der Waals surface area contributed by atoms with Crippen molar-refractivity contribution in [2.45, 2.75) is 6.61 Å². The van der Waals surface area contributed by atoms with Crippen LogP contribution in [0.4, 0.5) is 0 Å². The second-order valence-electron chi connectivity index (χ2n) is 6.82. The lowest BCUT2D eigenvalue weighted by Gasteiger charge is -2.08. The van der Waals surface area contributed by atoms with Crippen molar-refractivity contribution in [2.75, 3.05) is 0 Å². The first kappa shape index (κ1) is 21.3. The van der Waals surface area contributed by atoms with Gasteiger partial charge in [0.25, 0.3) is 5.91 Å². The average Bonchev–Trinajstić information content (AvgIpc) is 2.79. The molecule has 154 valence electrons. The van der Waals surface area contributed by atoms with Gasteiger partial charge in [-0.05, 0) is 58.8 Å². The number of hydrazone groups is 1. The number of ether oxygens (including phenoxy) is 1. The Balaban J connectivity index is 1.35. The molecule has 4 aromatic rings. The zero-order chi connectivity index (χ0) is 21.6. The van der Waals surface area contributed by atoms with Crippen molar-refractivity contribution in [3.8, 4) is 5.75 Å². The van der Waals surface area contributed by atoms with Crippen LogP contribution in [0.25, 0.3) is 10.8 Å². The fraction of sp³-hybridized carbons (Fsp3) is 0.0400. The van der Waals surface area contributed by atoms with E-state index in [0.717, 1.165) is 36.6 Å². The maximum Gasteiger partial charge on any atom is 0.271 e. The molecule has 0 atom stereocenters. The molecule has 31 heavy (non-hydrogen) atoms. The highest BCUT2D eigenvalue weighted by Gasteiger charge is 2.08. The van der Waals surface area contributed by atoms with E-state index < -0.39 is 0 Å². The van der Waals surface area contributed by atoms with E-state index in [0.29, 0.717) is 12.2 Å². The zero-order valence-electron chi connectivity index (χ0n) is 16.4. The first-order chi connectivity index (χ1) is 15.1. The van der Waals surface area contributed by atoms with E-state index in [4.69, 9.17) is 4.74 Å². The Hall–Kier alpha value is -2.96. The molecule has 0 aromatic heterocycles. The maximum atomic E-state index is 12.5. The Morgan fingerprint density at radius 1 is 0.935 bits per heavy atom. The third-order valence-electron chi connectivity index (χ3n) is 4.70. The Kier molecular flexibility index (Phi) is 6.79. The molecule has 4 rings (SSSR count). The van der Waals surface area contributed by atoms with E-state index in [-0.39, 0.29) is 5.91 Å². The van der Waals surface area contributed by atoms with Crippen molar-refractivity contribution in [3.63, 3.8) is 0 Å². The van der Waals surface area contributed by atoms with Gasteiger partial charge >= 0.3 is 0 Å². The quantitative estimate of drug-likeness (QED) is 0.219. The Labute approximate surface area is 197 Å². The first-order valence-electron chi connectivity index (χ1n) is 9.58. The third kappa shape index (κ3) is 5.40. The monoisotopic (exact) mass is 536 g/mol. The summed E-state index contributed by atoms with van der Waals surface area (Å²) in [5.41, 5.74) is 5.11. The van der Waals surface area contributed by atoms with Crippen LogP contribution in [-0.4, -0.2) is 12.1 Å². The van der Waals surface area contributed by atoms with Crippen molar-refractivity contribution < 1.29 is 9.53 Å². The minimum Gasteiger partial charge on any atom is -0.489 e. The summed E-state index contributed by atoms with van der Waals surface area (Å²) in [6.07, 6.45) is 1.61. The summed E-state index contributed by atoms with van der Waals surface area (Å²) in [4.78, 5) is 12.5. The molecule has 0 radical (unpaired) electrons. The van der Waals surface area contributed by atoms with Crippen LogP contribution < -0.4 is 10.2 Å². The normalized spacial score (nSPS) is 11.0. The number of hydrogen-bond donors (Lipinski definition) is 1. The van der Waals surface area contributed by atoms with E-state index in [1.165, 1.54) is 0 Å². The number of amides is 1. The van der Waals surface area contributed by atoms with E-state index in [2.05, 4.69) is 42.4 Å². The van der Waals surface area contributed by atoms with Crippen LogP contribution in [0.2, 0.25) is 0 Å². The predicted molar refractivity (Wildman–Crippen MR) is 132 cm³/mol. The largest absolute Gasteiger partial charge is 0.489 e. The maximum absolute atomic E-state index is 12.5. The molecule has 4 nitrogen and oxygen atoms in total. The summed E-state index contributed by atoms with van der Waals surface area (Å²) in [5, 5.41) is 6.01. The standard InChI is InChI=1S/C25H18Br2N2O2/c26-20-11-10-19(24(27)14-20)16-31-21-12-8-17(9-13-21)15-28-29-25(30)23-7-3-5-18-4-1-2-6-22(18)23/h1-15H,16H2,(H,29,30)/b28-15-. The number of nitrogens with zero attached hydrogens (tertiary/aromatic N) is 1. The van der Waals surface area contributed by atoms with Crippen molar-refractivity contribution in [1.29, 1.82) is 0 Å². The van der Waals surface area contributed by atoms with Gasteiger partial charge in [0.2, 0.25) is 0 Å². The van der Waals surface area contributed by atoms with Crippen molar-refractivity contribution >= 4 is 54.8 Å². The Morgan fingerprint density at radius 3 is 2.52 bits per heavy atom. The van der Waals surface area contributed by atoms with Crippen molar-refractivity contribution in [3.05, 3.63) is 111 Å². The van der Waals surface area contributed by atoms with Gasteiger partial charge in [0.1, 0.15) is 12.4 Å². The van der Waals surface area contributed by atoms with Crippen LogP contribution in [0.1, 0.15) is 21.5 Å². The molecule has 0 aliphatic carbocycles. The molecular formula is C25H18Br2N2O2. The molecule has 1 amide bonds. The molecule has 0 aliphatic rings. The zero-order valence-corrected chi connectivity index (χ0v) is 19.6. The summed E-state index contributed by atoms with van der Waals surface area (Å²) in [5.74, 6) is 0.514. The van der Waals surface area contributed by atoms with E-state index in [1.54, 1.807) is 12.3 Å². The highest BCUT2D eigenvalue weighted by Crippen LogP contribution is 2.23. The van der Waals surface area contributed by atoms with Gasteiger partial charge in [-0.3, -0.25) is 4.79 Å². The number of hydrogen-bond acceptors (Lipinski definition) is 3. The molecular weight excluding hydrogens is 520 g/mol. The first-order valence-corrected chi connectivity index (χ1v) is 11.2. The van der Waals surface area contributed by atoms with Gasteiger partial charge < -0.3 is 4.74 Å². The smallest absolute Gasteiger partial charge is 0.271 e. The number of rotatable bonds is 6. The molecule has 1 N–H and O–H groups in total. The molecule has 0 unspecified atom stereocenters. The van der Waals surface area contributed by atoms with Gasteiger partial charge in [-0.25, -0.2) is 5.43 Å². The lowest BCUT2D eigenvalue weighted by atomic mass is 10.0. The van der Waals surface area contributed by atoms with Gasteiger partial charge in [0.15, 0.2) is 0 Å². The molecule has 0 spiro atoms.